The molecule has 0 saturated carbocycles. The van der Waals surface area contributed by atoms with Crippen molar-refractivity contribution in [2.24, 2.45) is 5.41 Å². The van der Waals surface area contributed by atoms with Crippen molar-refractivity contribution in [2.75, 3.05) is 5.88 Å². The second kappa shape index (κ2) is 5.21. The van der Waals surface area contributed by atoms with Crippen LogP contribution in [-0.2, 0) is 0 Å². The number of hydrogen-bond donors (Lipinski definition) is 0. The molecule has 0 atom stereocenters. The first-order chi connectivity index (χ1) is 6.64. The van der Waals surface area contributed by atoms with Crippen molar-refractivity contribution in [1.82, 2.24) is 0 Å². The molecule has 0 fully saturated rings. The van der Waals surface area contributed by atoms with Crippen LogP contribution in [0.15, 0.2) is 36.4 Å². The monoisotopic (exact) mass is 208 g/mol. The van der Waals surface area contributed by atoms with Crippen LogP contribution in [0.5, 0.6) is 0 Å². The minimum Gasteiger partial charge on any atom is -0.126 e. The zero-order valence-electron chi connectivity index (χ0n) is 8.83. The van der Waals surface area contributed by atoms with Gasteiger partial charge in [0.1, 0.15) is 0 Å². The fourth-order valence-corrected chi connectivity index (χ4v) is 1.24. The fraction of sp³-hybridized carbons (Fsp3) is 0.385. The predicted molar refractivity (Wildman–Crippen MR) is 64.6 cm³/mol. The molecule has 14 heavy (non-hydrogen) atoms. The van der Waals surface area contributed by atoms with Gasteiger partial charge < -0.3 is 0 Å². The number of rotatable bonds is 4. The molecule has 1 aromatic rings. The summed E-state index contributed by atoms with van der Waals surface area (Å²) in [6.45, 7) is 4.35. The van der Waals surface area contributed by atoms with Gasteiger partial charge in [-0.15, -0.1) is 11.6 Å². The first-order valence-electron chi connectivity index (χ1n) is 4.92. The summed E-state index contributed by atoms with van der Waals surface area (Å²) < 4.78 is 0. The summed E-state index contributed by atoms with van der Waals surface area (Å²) in [6, 6.07) is 10.3. The van der Waals surface area contributed by atoms with E-state index in [1.165, 1.54) is 5.56 Å². The zero-order valence-corrected chi connectivity index (χ0v) is 9.59. The highest BCUT2D eigenvalue weighted by Gasteiger charge is 2.13. The molecule has 0 aromatic heterocycles. The summed E-state index contributed by atoms with van der Waals surface area (Å²) in [5.41, 5.74) is 1.45. The number of alkyl halides is 1. The van der Waals surface area contributed by atoms with Crippen molar-refractivity contribution < 1.29 is 0 Å². The Kier molecular flexibility index (Phi) is 4.21. The van der Waals surface area contributed by atoms with Crippen LogP contribution in [0, 0.1) is 5.41 Å². The predicted octanol–water partition coefficient (Wildman–Crippen LogP) is 4.35. The third-order valence-electron chi connectivity index (χ3n) is 2.14. The largest absolute Gasteiger partial charge is 0.126 e. The Morgan fingerprint density at radius 1 is 1.21 bits per heavy atom. The number of benzene rings is 1. The van der Waals surface area contributed by atoms with Gasteiger partial charge >= 0.3 is 0 Å². The third-order valence-corrected chi connectivity index (χ3v) is 2.87. The van der Waals surface area contributed by atoms with Crippen molar-refractivity contribution in [3.8, 4) is 0 Å². The van der Waals surface area contributed by atoms with Crippen LogP contribution >= 0.6 is 11.6 Å². The quantitative estimate of drug-likeness (QED) is 0.646. The molecular formula is C13H17Cl. The van der Waals surface area contributed by atoms with E-state index in [4.69, 9.17) is 11.6 Å². The highest BCUT2D eigenvalue weighted by atomic mass is 35.5. The minimum atomic E-state index is 0.201. The van der Waals surface area contributed by atoms with Crippen molar-refractivity contribution in [2.45, 2.75) is 20.3 Å². The van der Waals surface area contributed by atoms with Crippen LogP contribution in [0.1, 0.15) is 25.8 Å². The molecule has 0 heterocycles. The molecule has 76 valence electrons. The Bertz CT molecular complexity index is 285. The second-order valence-electron chi connectivity index (χ2n) is 4.32. The summed E-state index contributed by atoms with van der Waals surface area (Å²) in [6.07, 6.45) is 5.36. The highest BCUT2D eigenvalue weighted by molar-refractivity contribution is 6.18. The molecule has 1 rings (SSSR count). The van der Waals surface area contributed by atoms with E-state index in [2.05, 4.69) is 38.1 Å². The van der Waals surface area contributed by atoms with E-state index >= 15 is 0 Å². The van der Waals surface area contributed by atoms with Gasteiger partial charge in [-0.25, -0.2) is 0 Å². The van der Waals surface area contributed by atoms with Gasteiger partial charge in [-0.3, -0.25) is 0 Å². The first-order valence-corrected chi connectivity index (χ1v) is 5.45. The summed E-state index contributed by atoms with van der Waals surface area (Å²) in [7, 11) is 0. The Morgan fingerprint density at radius 3 is 2.43 bits per heavy atom. The van der Waals surface area contributed by atoms with Crippen LogP contribution in [0.4, 0.5) is 0 Å². The maximum Gasteiger partial charge on any atom is 0.0277 e. The molecular weight excluding hydrogens is 192 g/mol. The van der Waals surface area contributed by atoms with E-state index in [0.717, 1.165) is 6.42 Å². The van der Waals surface area contributed by atoms with Crippen LogP contribution in [0.2, 0.25) is 0 Å². The van der Waals surface area contributed by atoms with Gasteiger partial charge in [-0.2, -0.15) is 0 Å². The maximum atomic E-state index is 5.84. The maximum absolute atomic E-state index is 5.84. The fourth-order valence-electron chi connectivity index (χ4n) is 1.13. The molecule has 0 saturated heterocycles. The molecule has 0 unspecified atom stereocenters. The molecule has 0 amide bonds. The van der Waals surface area contributed by atoms with E-state index in [0.29, 0.717) is 5.88 Å². The molecule has 0 aliphatic heterocycles. The molecule has 0 nitrogen and oxygen atoms in total. The Hall–Kier alpha value is -0.750. The first kappa shape index (κ1) is 11.3. The second-order valence-corrected chi connectivity index (χ2v) is 4.58. The molecule has 1 aromatic carbocycles. The van der Waals surface area contributed by atoms with E-state index in [1.54, 1.807) is 0 Å². The lowest BCUT2D eigenvalue weighted by molar-refractivity contribution is 0.428. The average molecular weight is 209 g/mol. The van der Waals surface area contributed by atoms with E-state index in [-0.39, 0.29) is 5.41 Å². The molecule has 0 spiro atoms. The van der Waals surface area contributed by atoms with Crippen LogP contribution in [0.3, 0.4) is 0 Å². The van der Waals surface area contributed by atoms with Gasteiger partial charge in [0.25, 0.3) is 0 Å². The summed E-state index contributed by atoms with van der Waals surface area (Å²) in [5.74, 6) is 0.701. The topological polar surface area (TPSA) is 0 Å². The summed E-state index contributed by atoms with van der Waals surface area (Å²) >= 11 is 5.84. The van der Waals surface area contributed by atoms with Crippen molar-refractivity contribution in [1.29, 1.82) is 0 Å². The van der Waals surface area contributed by atoms with E-state index < -0.39 is 0 Å². The molecule has 0 radical (unpaired) electrons. The lowest BCUT2D eigenvalue weighted by Crippen LogP contribution is -2.11. The standard InChI is InChI=1S/C13H17Cl/c1-13(2,11-14)10-6-9-12-7-4-3-5-8-12/h3-9H,10-11H2,1-2H3. The minimum absolute atomic E-state index is 0.201. The molecule has 1 heteroatoms. The molecule has 0 aliphatic carbocycles. The number of allylic oxidation sites excluding steroid dienone is 1. The zero-order chi connectivity index (χ0) is 10.4. The highest BCUT2D eigenvalue weighted by Crippen LogP contribution is 2.22. The summed E-state index contributed by atoms with van der Waals surface area (Å²) in [5, 5.41) is 0. The van der Waals surface area contributed by atoms with Gasteiger partial charge in [0.15, 0.2) is 0 Å². The normalized spacial score (nSPS) is 12.2. The molecule has 0 bridgehead atoms. The van der Waals surface area contributed by atoms with Crippen LogP contribution in [0.25, 0.3) is 6.08 Å². The Morgan fingerprint density at radius 2 is 1.86 bits per heavy atom. The lowest BCUT2D eigenvalue weighted by Gasteiger charge is -2.18. The van der Waals surface area contributed by atoms with Crippen LogP contribution < -0.4 is 0 Å². The van der Waals surface area contributed by atoms with Crippen molar-refractivity contribution in [3.63, 3.8) is 0 Å². The van der Waals surface area contributed by atoms with Gasteiger partial charge in [0, 0.05) is 5.88 Å². The number of halogens is 1. The van der Waals surface area contributed by atoms with E-state index in [9.17, 15) is 0 Å². The van der Waals surface area contributed by atoms with Gasteiger partial charge in [0.05, 0.1) is 0 Å². The van der Waals surface area contributed by atoms with Crippen molar-refractivity contribution >= 4 is 17.7 Å². The van der Waals surface area contributed by atoms with Gasteiger partial charge in [0.2, 0.25) is 0 Å². The van der Waals surface area contributed by atoms with E-state index in [1.807, 2.05) is 18.2 Å². The van der Waals surface area contributed by atoms with Crippen molar-refractivity contribution in [3.05, 3.63) is 42.0 Å². The molecule has 0 aliphatic rings. The lowest BCUT2D eigenvalue weighted by atomic mass is 9.91. The van der Waals surface area contributed by atoms with Gasteiger partial charge in [-0.1, -0.05) is 56.3 Å². The average Bonchev–Trinajstić information content (AvgIpc) is 2.19. The smallest absolute Gasteiger partial charge is 0.0277 e. The summed E-state index contributed by atoms with van der Waals surface area (Å²) in [4.78, 5) is 0. The molecule has 0 N–H and O–H groups in total. The SMILES string of the molecule is CC(C)(CCl)CC=Cc1ccccc1. The Labute approximate surface area is 91.6 Å². The van der Waals surface area contributed by atoms with Gasteiger partial charge in [-0.05, 0) is 17.4 Å². The Balaban J connectivity index is 2.50. The van der Waals surface area contributed by atoms with Crippen LogP contribution in [-0.4, -0.2) is 5.88 Å². The number of hydrogen-bond acceptors (Lipinski definition) is 0. The third kappa shape index (κ3) is 3.97.